The molecule has 0 saturated heterocycles. The van der Waals surface area contributed by atoms with Crippen LogP contribution in [0.25, 0.3) is 43.1 Å². The lowest BCUT2D eigenvalue weighted by Gasteiger charge is -2.26. The maximum atomic E-state index is 5.44. The second-order valence-corrected chi connectivity index (χ2v) is 9.50. The maximum absolute atomic E-state index is 5.44. The van der Waals surface area contributed by atoms with Gasteiger partial charge >= 0.3 is 0 Å². The summed E-state index contributed by atoms with van der Waals surface area (Å²) in [6, 6.07) is 47.9. The summed E-state index contributed by atoms with van der Waals surface area (Å²) >= 11 is 0. The van der Waals surface area contributed by atoms with Crippen LogP contribution in [0.15, 0.2) is 133 Å². The highest BCUT2D eigenvalue weighted by atomic mass is 16.5. The first-order chi connectivity index (χ1) is 18.2. The Kier molecular flexibility index (Phi) is 5.04. The average Bonchev–Trinajstić information content (AvgIpc) is 2.95. The van der Waals surface area contributed by atoms with Crippen LogP contribution in [0.2, 0.25) is 0 Å². The number of nitrogens with zero attached hydrogens (tertiary/aromatic N) is 1. The molecule has 0 aromatic heterocycles. The summed E-state index contributed by atoms with van der Waals surface area (Å²) in [4.78, 5) is 2.32. The fourth-order valence-corrected chi connectivity index (χ4v) is 5.31. The minimum atomic E-state index is 0.846. The first-order valence-corrected chi connectivity index (χ1v) is 12.5. The van der Waals surface area contributed by atoms with Crippen molar-refractivity contribution in [2.45, 2.75) is 0 Å². The highest BCUT2D eigenvalue weighted by Crippen LogP contribution is 2.39. The number of hydrogen-bond acceptors (Lipinski definition) is 2. The first-order valence-electron chi connectivity index (χ1n) is 12.5. The van der Waals surface area contributed by atoms with E-state index < -0.39 is 0 Å². The van der Waals surface area contributed by atoms with Gasteiger partial charge in [-0.15, -0.1) is 0 Å². The van der Waals surface area contributed by atoms with Gasteiger partial charge in [0.1, 0.15) is 5.75 Å². The summed E-state index contributed by atoms with van der Waals surface area (Å²) in [6.45, 7) is 0. The first kappa shape index (κ1) is 21.5. The molecular formula is C35H25NO. The largest absolute Gasteiger partial charge is 0.497 e. The molecule has 0 amide bonds. The van der Waals surface area contributed by atoms with Crippen molar-refractivity contribution in [3.63, 3.8) is 0 Å². The number of anilines is 3. The molecule has 0 radical (unpaired) electrons. The Morgan fingerprint density at radius 1 is 0.378 bits per heavy atom. The van der Waals surface area contributed by atoms with Crippen molar-refractivity contribution in [3.8, 4) is 5.75 Å². The number of fused-ring (bicyclic) bond motifs is 4. The molecule has 7 aromatic carbocycles. The van der Waals surface area contributed by atoms with Crippen LogP contribution in [0.5, 0.6) is 5.75 Å². The van der Waals surface area contributed by atoms with E-state index in [4.69, 9.17) is 4.74 Å². The zero-order valence-corrected chi connectivity index (χ0v) is 20.6. The average molecular weight is 476 g/mol. The van der Waals surface area contributed by atoms with E-state index in [9.17, 15) is 0 Å². The third-order valence-corrected chi connectivity index (χ3v) is 7.22. The summed E-state index contributed by atoms with van der Waals surface area (Å²) in [7, 11) is 1.70. The Morgan fingerprint density at radius 2 is 0.757 bits per heavy atom. The number of methoxy groups -OCH3 is 1. The molecule has 0 saturated carbocycles. The van der Waals surface area contributed by atoms with E-state index in [0.29, 0.717) is 0 Å². The number of rotatable bonds is 4. The van der Waals surface area contributed by atoms with Crippen LogP contribution in [0.1, 0.15) is 0 Å². The number of benzene rings is 7. The molecule has 0 fully saturated rings. The van der Waals surface area contributed by atoms with E-state index in [2.05, 4.69) is 126 Å². The SMILES string of the molecule is COc1ccc(N(c2ccc3cc4ccccc4cc3c2)c2ccc3cc4ccccc4cc3c2)cc1. The quantitative estimate of drug-likeness (QED) is 0.235. The van der Waals surface area contributed by atoms with Crippen LogP contribution in [0.4, 0.5) is 17.1 Å². The van der Waals surface area contributed by atoms with Crippen molar-refractivity contribution < 1.29 is 4.74 Å². The van der Waals surface area contributed by atoms with Crippen molar-refractivity contribution in [2.24, 2.45) is 0 Å². The molecule has 0 unspecified atom stereocenters. The minimum Gasteiger partial charge on any atom is -0.497 e. The van der Waals surface area contributed by atoms with Gasteiger partial charge in [0, 0.05) is 17.1 Å². The predicted octanol–water partition coefficient (Wildman–Crippen LogP) is 9.78. The van der Waals surface area contributed by atoms with E-state index in [-0.39, 0.29) is 0 Å². The maximum Gasteiger partial charge on any atom is 0.119 e. The van der Waals surface area contributed by atoms with Gasteiger partial charge in [-0.2, -0.15) is 0 Å². The molecule has 7 rings (SSSR count). The minimum absolute atomic E-state index is 0.846. The van der Waals surface area contributed by atoms with Crippen molar-refractivity contribution >= 4 is 60.2 Å². The van der Waals surface area contributed by atoms with Gasteiger partial charge < -0.3 is 9.64 Å². The number of ether oxygens (including phenoxy) is 1. The summed E-state index contributed by atoms with van der Waals surface area (Å²) in [5.41, 5.74) is 3.32. The van der Waals surface area contributed by atoms with Gasteiger partial charge in [0.2, 0.25) is 0 Å². The fourth-order valence-electron chi connectivity index (χ4n) is 5.31. The standard InChI is InChI=1S/C35H25NO/c1-37-35-16-14-32(15-17-35)36(33-12-10-28-18-24-6-2-4-8-26(24)20-30(28)22-33)34-13-11-29-19-25-7-3-5-9-27(25)21-31(29)23-34/h2-23H,1H3. The molecule has 0 aliphatic carbocycles. The van der Waals surface area contributed by atoms with Gasteiger partial charge in [-0.1, -0.05) is 60.7 Å². The molecule has 0 aliphatic rings. The highest BCUT2D eigenvalue weighted by molar-refractivity contribution is 6.02. The molecule has 0 spiro atoms. The van der Waals surface area contributed by atoms with E-state index in [1.54, 1.807) is 7.11 Å². The Hall–Kier alpha value is -4.82. The molecule has 0 heterocycles. The highest BCUT2D eigenvalue weighted by Gasteiger charge is 2.14. The Labute approximate surface area is 216 Å². The Morgan fingerprint density at radius 3 is 1.19 bits per heavy atom. The van der Waals surface area contributed by atoms with Crippen molar-refractivity contribution in [2.75, 3.05) is 12.0 Å². The van der Waals surface area contributed by atoms with Gasteiger partial charge in [0.25, 0.3) is 0 Å². The van der Waals surface area contributed by atoms with Crippen LogP contribution < -0.4 is 9.64 Å². The van der Waals surface area contributed by atoms with Gasteiger partial charge in [-0.05, 0) is 116 Å². The van der Waals surface area contributed by atoms with Gasteiger partial charge in [0.15, 0.2) is 0 Å². The molecular weight excluding hydrogens is 450 g/mol. The van der Waals surface area contributed by atoms with E-state index >= 15 is 0 Å². The third kappa shape index (κ3) is 3.84. The van der Waals surface area contributed by atoms with Crippen LogP contribution >= 0.6 is 0 Å². The van der Waals surface area contributed by atoms with E-state index in [1.165, 1.54) is 43.1 Å². The van der Waals surface area contributed by atoms with Crippen molar-refractivity contribution in [1.82, 2.24) is 0 Å². The van der Waals surface area contributed by atoms with Crippen molar-refractivity contribution in [3.05, 3.63) is 133 Å². The van der Waals surface area contributed by atoms with Gasteiger partial charge in [0.05, 0.1) is 7.11 Å². The lowest BCUT2D eigenvalue weighted by Crippen LogP contribution is -2.09. The van der Waals surface area contributed by atoms with Gasteiger partial charge in [-0.3, -0.25) is 0 Å². The fraction of sp³-hybridized carbons (Fsp3) is 0.0286. The monoisotopic (exact) mass is 475 g/mol. The molecule has 0 atom stereocenters. The summed E-state index contributed by atoms with van der Waals surface area (Å²) in [6.07, 6.45) is 0. The topological polar surface area (TPSA) is 12.5 Å². The molecule has 0 N–H and O–H groups in total. The van der Waals surface area contributed by atoms with Crippen LogP contribution in [0.3, 0.4) is 0 Å². The molecule has 37 heavy (non-hydrogen) atoms. The summed E-state index contributed by atoms with van der Waals surface area (Å²) < 4.78 is 5.44. The van der Waals surface area contributed by atoms with E-state index in [0.717, 1.165) is 22.8 Å². The zero-order valence-electron chi connectivity index (χ0n) is 20.6. The van der Waals surface area contributed by atoms with Crippen LogP contribution in [-0.2, 0) is 0 Å². The van der Waals surface area contributed by atoms with Crippen LogP contribution in [0, 0.1) is 0 Å². The Bertz CT molecular complexity index is 1800. The number of hydrogen-bond donors (Lipinski definition) is 0. The normalized spacial score (nSPS) is 11.4. The summed E-state index contributed by atoms with van der Waals surface area (Å²) in [5.74, 6) is 0.846. The lowest BCUT2D eigenvalue weighted by atomic mass is 10.0. The Balaban J connectivity index is 1.42. The molecule has 176 valence electrons. The second kappa shape index (κ2) is 8.69. The molecule has 2 heteroatoms. The predicted molar refractivity (Wildman–Crippen MR) is 158 cm³/mol. The molecule has 0 aliphatic heterocycles. The third-order valence-electron chi connectivity index (χ3n) is 7.22. The van der Waals surface area contributed by atoms with E-state index in [1.807, 2.05) is 12.1 Å². The summed E-state index contributed by atoms with van der Waals surface area (Å²) in [5, 5.41) is 9.95. The molecule has 7 aromatic rings. The van der Waals surface area contributed by atoms with Crippen LogP contribution in [-0.4, -0.2) is 7.11 Å². The second-order valence-electron chi connectivity index (χ2n) is 9.50. The van der Waals surface area contributed by atoms with Crippen molar-refractivity contribution in [1.29, 1.82) is 0 Å². The lowest BCUT2D eigenvalue weighted by molar-refractivity contribution is 0.415. The smallest absolute Gasteiger partial charge is 0.119 e. The molecule has 2 nitrogen and oxygen atoms in total. The molecule has 0 bridgehead atoms. The zero-order chi connectivity index (χ0) is 24.8. The van der Waals surface area contributed by atoms with Gasteiger partial charge in [-0.25, -0.2) is 0 Å².